The van der Waals surface area contributed by atoms with Crippen LogP contribution >= 0.6 is 0 Å². The van der Waals surface area contributed by atoms with E-state index in [9.17, 15) is 0 Å². The molecule has 4 heteroatoms. The lowest BCUT2D eigenvalue weighted by atomic mass is 9.94. The topological polar surface area (TPSA) is 47.3 Å². The number of hydrogen-bond acceptors (Lipinski definition) is 4. The number of nitrogens with one attached hydrogen (secondary N) is 1. The molecule has 1 N–H and O–H groups in total. The SMILES string of the molecule is Cc1nc(CN[C@H](C[C@@H]2CCOC2)c2ccccc2)oc1C. The third-order valence-electron chi connectivity index (χ3n) is 4.37. The van der Waals surface area contributed by atoms with Gasteiger partial charge in [0.2, 0.25) is 5.89 Å². The summed E-state index contributed by atoms with van der Waals surface area (Å²) in [5.74, 6) is 2.29. The highest BCUT2D eigenvalue weighted by Gasteiger charge is 2.22. The average Bonchev–Trinajstić information content (AvgIpc) is 3.15. The molecule has 2 heterocycles. The van der Waals surface area contributed by atoms with E-state index in [1.54, 1.807) is 0 Å². The van der Waals surface area contributed by atoms with Crippen LogP contribution in [0.15, 0.2) is 34.7 Å². The van der Waals surface area contributed by atoms with Crippen LogP contribution in [0.4, 0.5) is 0 Å². The van der Waals surface area contributed by atoms with Crippen molar-refractivity contribution in [3.05, 3.63) is 53.2 Å². The van der Waals surface area contributed by atoms with E-state index >= 15 is 0 Å². The third-order valence-corrected chi connectivity index (χ3v) is 4.37. The maximum atomic E-state index is 5.67. The summed E-state index contributed by atoms with van der Waals surface area (Å²) in [4.78, 5) is 4.45. The van der Waals surface area contributed by atoms with Crippen molar-refractivity contribution in [2.75, 3.05) is 13.2 Å². The summed E-state index contributed by atoms with van der Waals surface area (Å²) < 4.78 is 11.2. The maximum absolute atomic E-state index is 5.67. The molecule has 3 rings (SSSR count). The second kappa shape index (κ2) is 7.07. The monoisotopic (exact) mass is 300 g/mol. The second-order valence-electron chi connectivity index (χ2n) is 6.06. The van der Waals surface area contributed by atoms with Crippen LogP contribution in [0.1, 0.15) is 41.8 Å². The summed E-state index contributed by atoms with van der Waals surface area (Å²) in [6, 6.07) is 10.9. The molecule has 1 fully saturated rings. The van der Waals surface area contributed by atoms with Crippen molar-refractivity contribution in [2.45, 2.75) is 39.3 Å². The van der Waals surface area contributed by atoms with E-state index in [2.05, 4.69) is 40.6 Å². The maximum Gasteiger partial charge on any atom is 0.208 e. The van der Waals surface area contributed by atoms with Gasteiger partial charge in [-0.25, -0.2) is 4.98 Å². The Bertz CT molecular complexity index is 569. The Morgan fingerprint density at radius 3 is 2.73 bits per heavy atom. The van der Waals surface area contributed by atoms with E-state index < -0.39 is 0 Å². The molecule has 1 aromatic carbocycles. The summed E-state index contributed by atoms with van der Waals surface area (Å²) in [5, 5.41) is 3.61. The summed E-state index contributed by atoms with van der Waals surface area (Å²) >= 11 is 0. The number of nitrogens with zero attached hydrogens (tertiary/aromatic N) is 1. The van der Waals surface area contributed by atoms with E-state index in [0.717, 1.165) is 43.4 Å². The Hall–Kier alpha value is -1.65. The first-order chi connectivity index (χ1) is 10.7. The van der Waals surface area contributed by atoms with Gasteiger partial charge >= 0.3 is 0 Å². The Balaban J connectivity index is 1.67. The quantitative estimate of drug-likeness (QED) is 0.886. The lowest BCUT2D eigenvalue weighted by Gasteiger charge is -2.21. The van der Waals surface area contributed by atoms with Gasteiger partial charge in [0.05, 0.1) is 12.2 Å². The molecule has 1 aromatic heterocycles. The van der Waals surface area contributed by atoms with Crippen LogP contribution in [0.2, 0.25) is 0 Å². The number of hydrogen-bond donors (Lipinski definition) is 1. The normalized spacial score (nSPS) is 19.5. The molecule has 0 bridgehead atoms. The smallest absolute Gasteiger partial charge is 0.208 e. The lowest BCUT2D eigenvalue weighted by molar-refractivity contribution is 0.181. The minimum atomic E-state index is 0.306. The molecule has 2 atom stereocenters. The van der Waals surface area contributed by atoms with Crippen LogP contribution in [0.5, 0.6) is 0 Å². The van der Waals surface area contributed by atoms with Gasteiger partial charge in [0.15, 0.2) is 0 Å². The minimum absolute atomic E-state index is 0.306. The van der Waals surface area contributed by atoms with E-state index in [1.165, 1.54) is 5.56 Å². The van der Waals surface area contributed by atoms with Crippen LogP contribution in [-0.2, 0) is 11.3 Å². The summed E-state index contributed by atoms with van der Waals surface area (Å²) in [6.07, 6.45) is 2.24. The predicted octanol–water partition coefficient (Wildman–Crippen LogP) is 3.55. The van der Waals surface area contributed by atoms with Crippen molar-refractivity contribution in [2.24, 2.45) is 5.92 Å². The standard InChI is InChI=1S/C18H24N2O2/c1-13-14(2)22-18(20-13)11-19-17(10-15-8-9-21-12-15)16-6-4-3-5-7-16/h3-7,15,17,19H,8-12H2,1-2H3/t15-,17+/m0/s1. The second-order valence-corrected chi connectivity index (χ2v) is 6.06. The fraction of sp³-hybridized carbons (Fsp3) is 0.500. The van der Waals surface area contributed by atoms with Crippen molar-refractivity contribution < 1.29 is 9.15 Å². The van der Waals surface area contributed by atoms with Gasteiger partial charge in [-0.2, -0.15) is 0 Å². The Labute approximate surface area is 131 Å². The molecule has 0 aliphatic carbocycles. The molecule has 118 valence electrons. The Morgan fingerprint density at radius 1 is 1.27 bits per heavy atom. The fourth-order valence-corrected chi connectivity index (χ4v) is 2.95. The Kier molecular flexibility index (Phi) is 4.90. The molecule has 0 amide bonds. The van der Waals surface area contributed by atoms with Crippen molar-refractivity contribution in [1.29, 1.82) is 0 Å². The van der Waals surface area contributed by atoms with Crippen molar-refractivity contribution >= 4 is 0 Å². The summed E-state index contributed by atoms with van der Waals surface area (Å²) in [5.41, 5.74) is 2.28. The molecule has 1 aliphatic rings. The van der Waals surface area contributed by atoms with Crippen molar-refractivity contribution in [3.63, 3.8) is 0 Å². The predicted molar refractivity (Wildman–Crippen MR) is 85.5 cm³/mol. The molecule has 0 spiro atoms. The summed E-state index contributed by atoms with van der Waals surface area (Å²) in [6.45, 7) is 6.36. The highest BCUT2D eigenvalue weighted by Crippen LogP contribution is 2.27. The van der Waals surface area contributed by atoms with Crippen molar-refractivity contribution in [3.8, 4) is 0 Å². The van der Waals surface area contributed by atoms with Gasteiger partial charge < -0.3 is 14.5 Å². The molecule has 0 saturated carbocycles. The van der Waals surface area contributed by atoms with E-state index in [1.807, 2.05) is 13.8 Å². The molecular weight excluding hydrogens is 276 g/mol. The van der Waals surface area contributed by atoms with Crippen LogP contribution in [0.25, 0.3) is 0 Å². The zero-order chi connectivity index (χ0) is 15.4. The molecular formula is C18H24N2O2. The molecule has 0 radical (unpaired) electrons. The molecule has 2 aromatic rings. The molecule has 22 heavy (non-hydrogen) atoms. The Morgan fingerprint density at radius 2 is 2.09 bits per heavy atom. The minimum Gasteiger partial charge on any atom is -0.444 e. The summed E-state index contributed by atoms with van der Waals surface area (Å²) in [7, 11) is 0. The zero-order valence-electron chi connectivity index (χ0n) is 13.3. The van der Waals surface area contributed by atoms with Crippen LogP contribution in [0, 0.1) is 19.8 Å². The van der Waals surface area contributed by atoms with E-state index in [-0.39, 0.29) is 0 Å². The van der Waals surface area contributed by atoms with Crippen molar-refractivity contribution in [1.82, 2.24) is 10.3 Å². The number of benzene rings is 1. The third kappa shape index (κ3) is 3.76. The van der Waals surface area contributed by atoms with E-state index in [4.69, 9.17) is 9.15 Å². The highest BCUT2D eigenvalue weighted by atomic mass is 16.5. The first-order valence-electron chi connectivity index (χ1n) is 8.01. The van der Waals surface area contributed by atoms with Gasteiger partial charge in [-0.05, 0) is 38.2 Å². The number of aromatic nitrogens is 1. The van der Waals surface area contributed by atoms with Crippen LogP contribution < -0.4 is 5.32 Å². The molecule has 1 aliphatic heterocycles. The zero-order valence-corrected chi connectivity index (χ0v) is 13.3. The average molecular weight is 300 g/mol. The number of ether oxygens (including phenoxy) is 1. The van der Waals surface area contributed by atoms with Gasteiger partial charge in [0, 0.05) is 19.3 Å². The number of aryl methyl sites for hydroxylation is 2. The highest BCUT2D eigenvalue weighted by molar-refractivity contribution is 5.19. The first kappa shape index (κ1) is 15.3. The first-order valence-corrected chi connectivity index (χ1v) is 8.01. The lowest BCUT2D eigenvalue weighted by Crippen LogP contribution is -2.24. The van der Waals surface area contributed by atoms with Gasteiger partial charge in [-0.15, -0.1) is 0 Å². The molecule has 0 unspecified atom stereocenters. The van der Waals surface area contributed by atoms with Crippen LogP contribution in [0.3, 0.4) is 0 Å². The van der Waals surface area contributed by atoms with Gasteiger partial charge in [0.25, 0.3) is 0 Å². The molecule has 4 nitrogen and oxygen atoms in total. The van der Waals surface area contributed by atoms with Gasteiger partial charge in [-0.3, -0.25) is 0 Å². The number of oxazole rings is 1. The number of rotatable bonds is 6. The van der Waals surface area contributed by atoms with Gasteiger partial charge in [0.1, 0.15) is 5.76 Å². The largest absolute Gasteiger partial charge is 0.444 e. The van der Waals surface area contributed by atoms with E-state index in [0.29, 0.717) is 18.5 Å². The van der Waals surface area contributed by atoms with Crippen LogP contribution in [-0.4, -0.2) is 18.2 Å². The fourth-order valence-electron chi connectivity index (χ4n) is 2.95. The molecule has 1 saturated heterocycles. The van der Waals surface area contributed by atoms with Gasteiger partial charge in [-0.1, -0.05) is 30.3 Å².